The molecule has 6 nitrogen and oxygen atoms in total. The van der Waals surface area contributed by atoms with E-state index in [2.05, 4.69) is 31.4 Å². The summed E-state index contributed by atoms with van der Waals surface area (Å²) in [4.78, 5) is 12.5. The maximum Gasteiger partial charge on any atom is 0.275 e. The van der Waals surface area contributed by atoms with Crippen LogP contribution >= 0.6 is 27.5 Å². The lowest BCUT2D eigenvalue weighted by Gasteiger charge is -2.09. The lowest BCUT2D eigenvalue weighted by molar-refractivity contribution is 0.101. The number of nitrogens with one attached hydrogen (secondary N) is 1. The molecule has 8 heteroatoms. The van der Waals surface area contributed by atoms with Gasteiger partial charge in [0.2, 0.25) is 0 Å². The van der Waals surface area contributed by atoms with Crippen LogP contribution in [0.3, 0.4) is 0 Å². The van der Waals surface area contributed by atoms with Crippen LogP contribution in [-0.2, 0) is 13.1 Å². The molecule has 0 aliphatic carbocycles. The predicted molar refractivity (Wildman–Crippen MR) is 96.3 cm³/mol. The van der Waals surface area contributed by atoms with Crippen molar-refractivity contribution in [3.63, 3.8) is 0 Å². The summed E-state index contributed by atoms with van der Waals surface area (Å²) in [5.74, 6) is -0.279. The fourth-order valence-electron chi connectivity index (χ4n) is 2.38. The summed E-state index contributed by atoms with van der Waals surface area (Å²) in [5.41, 5.74) is 2.09. The van der Waals surface area contributed by atoms with Crippen LogP contribution < -0.4 is 5.32 Å². The van der Waals surface area contributed by atoms with E-state index in [0.29, 0.717) is 29.5 Å². The molecule has 0 unspecified atom stereocenters. The van der Waals surface area contributed by atoms with Gasteiger partial charge in [0.05, 0.1) is 28.4 Å². The average molecular weight is 409 g/mol. The standard InChI is InChI=1S/C16H15BrClN5O/c1-2-23-15(14(18)8-20-23)16(24)21-13-5-3-4-11(6-13)9-22-10-12(17)7-19-22/h3-8,10H,2,9H2,1H3,(H,21,24). The molecule has 0 atom stereocenters. The van der Waals surface area contributed by atoms with Crippen molar-refractivity contribution in [2.45, 2.75) is 20.0 Å². The second-order valence-electron chi connectivity index (χ2n) is 5.17. The Hall–Kier alpha value is -2.12. The molecule has 124 valence electrons. The molecule has 2 aromatic heterocycles. The van der Waals surface area contributed by atoms with Crippen LogP contribution in [0.4, 0.5) is 5.69 Å². The minimum atomic E-state index is -0.279. The number of halogens is 2. The highest BCUT2D eigenvalue weighted by Crippen LogP contribution is 2.18. The van der Waals surface area contributed by atoms with Gasteiger partial charge in [-0.2, -0.15) is 10.2 Å². The van der Waals surface area contributed by atoms with Gasteiger partial charge in [-0.05, 0) is 40.5 Å². The molecule has 0 aliphatic rings. The molecule has 0 spiro atoms. The summed E-state index contributed by atoms with van der Waals surface area (Å²) in [5, 5.41) is 11.5. The second-order valence-corrected chi connectivity index (χ2v) is 6.49. The van der Waals surface area contributed by atoms with E-state index < -0.39 is 0 Å². The summed E-state index contributed by atoms with van der Waals surface area (Å²) < 4.78 is 4.31. The number of amides is 1. The Morgan fingerprint density at radius 2 is 2.17 bits per heavy atom. The van der Waals surface area contributed by atoms with Crippen LogP contribution in [-0.4, -0.2) is 25.5 Å². The van der Waals surface area contributed by atoms with Crippen molar-refractivity contribution in [1.82, 2.24) is 19.6 Å². The van der Waals surface area contributed by atoms with E-state index in [9.17, 15) is 4.79 Å². The van der Waals surface area contributed by atoms with E-state index >= 15 is 0 Å². The minimum absolute atomic E-state index is 0.279. The third-order valence-corrected chi connectivity index (χ3v) is 4.13. The monoisotopic (exact) mass is 407 g/mol. The SMILES string of the molecule is CCn1ncc(Cl)c1C(=O)Nc1cccc(Cn2cc(Br)cn2)c1. The molecule has 1 N–H and O–H groups in total. The van der Waals surface area contributed by atoms with Gasteiger partial charge in [-0.25, -0.2) is 0 Å². The number of anilines is 1. The largest absolute Gasteiger partial charge is 0.321 e. The quantitative estimate of drug-likeness (QED) is 0.698. The van der Waals surface area contributed by atoms with Crippen molar-refractivity contribution >= 4 is 39.1 Å². The van der Waals surface area contributed by atoms with Crippen molar-refractivity contribution in [3.8, 4) is 0 Å². The van der Waals surface area contributed by atoms with Crippen LogP contribution in [0.1, 0.15) is 23.0 Å². The average Bonchev–Trinajstić information content (AvgIpc) is 3.13. The van der Waals surface area contributed by atoms with E-state index in [1.807, 2.05) is 42.1 Å². The van der Waals surface area contributed by atoms with Crippen molar-refractivity contribution in [3.05, 3.63) is 63.6 Å². The van der Waals surface area contributed by atoms with E-state index in [4.69, 9.17) is 11.6 Å². The van der Waals surface area contributed by atoms with Crippen LogP contribution in [0.2, 0.25) is 5.02 Å². The number of rotatable bonds is 5. The number of hydrogen-bond donors (Lipinski definition) is 1. The molecule has 24 heavy (non-hydrogen) atoms. The summed E-state index contributed by atoms with van der Waals surface area (Å²) in [6.07, 6.45) is 5.11. The predicted octanol–water partition coefficient (Wildman–Crippen LogP) is 3.82. The summed E-state index contributed by atoms with van der Waals surface area (Å²) in [6.45, 7) is 3.09. The van der Waals surface area contributed by atoms with Gasteiger partial charge < -0.3 is 5.32 Å². The van der Waals surface area contributed by atoms with Gasteiger partial charge in [0.25, 0.3) is 5.91 Å². The van der Waals surface area contributed by atoms with Gasteiger partial charge in [0.1, 0.15) is 5.69 Å². The third kappa shape index (κ3) is 3.68. The third-order valence-electron chi connectivity index (χ3n) is 3.44. The molecule has 0 aliphatic heterocycles. The lowest BCUT2D eigenvalue weighted by atomic mass is 10.2. The highest BCUT2D eigenvalue weighted by Gasteiger charge is 2.17. The van der Waals surface area contributed by atoms with Crippen LogP contribution in [0, 0.1) is 0 Å². The number of aromatic nitrogens is 4. The Bertz CT molecular complexity index is 873. The second kappa shape index (κ2) is 7.19. The molecule has 0 radical (unpaired) electrons. The fraction of sp³-hybridized carbons (Fsp3) is 0.188. The van der Waals surface area contributed by atoms with Crippen molar-refractivity contribution in [1.29, 1.82) is 0 Å². The first-order valence-electron chi connectivity index (χ1n) is 7.36. The Morgan fingerprint density at radius 3 is 2.88 bits per heavy atom. The van der Waals surface area contributed by atoms with E-state index in [-0.39, 0.29) is 5.91 Å². The molecule has 3 aromatic rings. The highest BCUT2D eigenvalue weighted by molar-refractivity contribution is 9.10. The number of nitrogens with zero attached hydrogens (tertiary/aromatic N) is 4. The molecule has 3 rings (SSSR count). The first-order valence-corrected chi connectivity index (χ1v) is 8.53. The first-order chi connectivity index (χ1) is 11.6. The zero-order valence-electron chi connectivity index (χ0n) is 12.9. The highest BCUT2D eigenvalue weighted by atomic mass is 79.9. The Morgan fingerprint density at radius 1 is 1.33 bits per heavy atom. The molecular formula is C16H15BrClN5O. The van der Waals surface area contributed by atoms with Crippen molar-refractivity contribution in [2.24, 2.45) is 0 Å². The summed E-state index contributed by atoms with van der Waals surface area (Å²) >= 11 is 9.44. The Balaban J connectivity index is 1.77. The normalized spacial score (nSPS) is 10.8. The van der Waals surface area contributed by atoms with Gasteiger partial charge in [0, 0.05) is 18.4 Å². The number of carbonyl (C=O) groups is 1. The van der Waals surface area contributed by atoms with Crippen molar-refractivity contribution in [2.75, 3.05) is 5.32 Å². The van der Waals surface area contributed by atoms with E-state index in [1.54, 1.807) is 10.9 Å². The maximum atomic E-state index is 12.5. The zero-order valence-corrected chi connectivity index (χ0v) is 15.3. The van der Waals surface area contributed by atoms with E-state index in [1.165, 1.54) is 6.20 Å². The molecular weight excluding hydrogens is 394 g/mol. The lowest BCUT2D eigenvalue weighted by Crippen LogP contribution is -2.18. The van der Waals surface area contributed by atoms with Crippen LogP contribution in [0.25, 0.3) is 0 Å². The molecule has 2 heterocycles. The summed E-state index contributed by atoms with van der Waals surface area (Å²) in [6, 6.07) is 7.62. The number of aryl methyl sites for hydroxylation is 1. The van der Waals surface area contributed by atoms with Crippen molar-refractivity contribution < 1.29 is 4.79 Å². The Kier molecular flexibility index (Phi) is 5.01. The smallest absolute Gasteiger partial charge is 0.275 e. The fourth-order valence-corrected chi connectivity index (χ4v) is 2.93. The van der Waals surface area contributed by atoms with Gasteiger partial charge in [-0.3, -0.25) is 14.2 Å². The van der Waals surface area contributed by atoms with Gasteiger partial charge in [0.15, 0.2) is 0 Å². The van der Waals surface area contributed by atoms with Gasteiger partial charge in [-0.1, -0.05) is 23.7 Å². The molecule has 0 saturated heterocycles. The maximum absolute atomic E-state index is 12.5. The molecule has 0 bridgehead atoms. The number of carbonyl (C=O) groups excluding carboxylic acids is 1. The number of benzene rings is 1. The van der Waals surface area contributed by atoms with E-state index in [0.717, 1.165) is 10.0 Å². The summed E-state index contributed by atoms with van der Waals surface area (Å²) in [7, 11) is 0. The zero-order chi connectivity index (χ0) is 17.1. The molecule has 0 fully saturated rings. The van der Waals surface area contributed by atoms with Gasteiger partial charge >= 0.3 is 0 Å². The minimum Gasteiger partial charge on any atom is -0.321 e. The molecule has 0 saturated carbocycles. The first kappa shape index (κ1) is 16.7. The topological polar surface area (TPSA) is 64.7 Å². The van der Waals surface area contributed by atoms with Crippen LogP contribution in [0.5, 0.6) is 0 Å². The Labute approximate surface area is 152 Å². The number of hydrogen-bond acceptors (Lipinski definition) is 3. The van der Waals surface area contributed by atoms with Gasteiger partial charge in [-0.15, -0.1) is 0 Å². The molecule has 1 aromatic carbocycles. The molecule has 1 amide bonds. The van der Waals surface area contributed by atoms with Crippen LogP contribution in [0.15, 0.2) is 47.3 Å².